The van der Waals surface area contributed by atoms with Crippen molar-refractivity contribution in [3.8, 4) is 0 Å². The number of rotatable bonds is 6. The average Bonchev–Trinajstić information content (AvgIpc) is 2.24. The van der Waals surface area contributed by atoms with E-state index >= 15 is 0 Å². The van der Waals surface area contributed by atoms with Crippen LogP contribution in [-0.2, 0) is 4.79 Å². The summed E-state index contributed by atoms with van der Waals surface area (Å²) in [5.74, 6) is 0.280. The van der Waals surface area contributed by atoms with E-state index in [0.29, 0.717) is 11.6 Å². The summed E-state index contributed by atoms with van der Waals surface area (Å²) in [6, 6.07) is 1.68. The van der Waals surface area contributed by atoms with E-state index in [9.17, 15) is 4.79 Å². The molecular weight excluding hydrogens is 196 g/mol. The van der Waals surface area contributed by atoms with Gasteiger partial charge in [-0.25, -0.2) is 9.97 Å². The number of carbonyl (C=O) groups is 1. The Bertz CT molecular complexity index is 330. The lowest BCUT2D eigenvalue weighted by Crippen LogP contribution is -2.13. The highest BCUT2D eigenvalue weighted by atomic mass is 16.4. The molecule has 15 heavy (non-hydrogen) atoms. The SMILES string of the molecule is CCCNc1cc(NCC(=O)O)ncn1. The van der Waals surface area contributed by atoms with E-state index in [2.05, 4.69) is 27.5 Å². The van der Waals surface area contributed by atoms with Gasteiger partial charge in [-0.15, -0.1) is 0 Å². The standard InChI is InChI=1S/C9H14N4O2/c1-2-3-10-7-4-8(13-6-12-7)11-5-9(14)15/h4,6H,2-3,5H2,1H3,(H,14,15)(H2,10,11,12,13). The molecule has 1 rings (SSSR count). The molecule has 0 saturated carbocycles. The second kappa shape index (κ2) is 5.79. The summed E-state index contributed by atoms with van der Waals surface area (Å²) in [6.45, 7) is 2.73. The Kier molecular flexibility index (Phi) is 4.33. The monoisotopic (exact) mass is 210 g/mol. The van der Waals surface area contributed by atoms with Crippen LogP contribution in [0.1, 0.15) is 13.3 Å². The van der Waals surface area contributed by atoms with Crippen LogP contribution in [0.4, 0.5) is 11.6 Å². The van der Waals surface area contributed by atoms with Gasteiger partial charge in [-0.05, 0) is 6.42 Å². The lowest BCUT2D eigenvalue weighted by molar-refractivity contribution is -0.134. The number of aliphatic carboxylic acids is 1. The van der Waals surface area contributed by atoms with Crippen molar-refractivity contribution in [3.05, 3.63) is 12.4 Å². The van der Waals surface area contributed by atoms with Crippen LogP contribution in [0.15, 0.2) is 12.4 Å². The third-order valence-electron chi connectivity index (χ3n) is 1.64. The minimum atomic E-state index is -0.920. The van der Waals surface area contributed by atoms with Crippen LogP contribution < -0.4 is 10.6 Å². The van der Waals surface area contributed by atoms with Crippen LogP contribution in [0, 0.1) is 0 Å². The molecule has 0 aliphatic heterocycles. The zero-order valence-electron chi connectivity index (χ0n) is 8.53. The van der Waals surface area contributed by atoms with Gasteiger partial charge in [-0.3, -0.25) is 4.79 Å². The molecule has 6 nitrogen and oxygen atoms in total. The first-order valence-electron chi connectivity index (χ1n) is 4.74. The molecule has 1 heterocycles. The fourth-order valence-electron chi connectivity index (χ4n) is 0.970. The van der Waals surface area contributed by atoms with Crippen molar-refractivity contribution >= 4 is 17.6 Å². The quantitative estimate of drug-likeness (QED) is 0.643. The van der Waals surface area contributed by atoms with Crippen LogP contribution in [0.2, 0.25) is 0 Å². The number of nitrogens with one attached hydrogen (secondary N) is 2. The van der Waals surface area contributed by atoms with E-state index in [4.69, 9.17) is 5.11 Å². The molecular formula is C9H14N4O2. The molecule has 0 atom stereocenters. The highest BCUT2D eigenvalue weighted by molar-refractivity contribution is 5.72. The van der Waals surface area contributed by atoms with Crippen molar-refractivity contribution in [3.63, 3.8) is 0 Å². The molecule has 0 bridgehead atoms. The van der Waals surface area contributed by atoms with E-state index in [0.717, 1.165) is 13.0 Å². The van der Waals surface area contributed by atoms with Gasteiger partial charge in [0.05, 0.1) is 0 Å². The number of hydrogen-bond acceptors (Lipinski definition) is 5. The molecule has 0 unspecified atom stereocenters. The molecule has 0 radical (unpaired) electrons. The van der Waals surface area contributed by atoms with Crippen molar-refractivity contribution in [2.24, 2.45) is 0 Å². The molecule has 0 fully saturated rings. The first-order valence-corrected chi connectivity index (χ1v) is 4.74. The molecule has 0 spiro atoms. The van der Waals surface area contributed by atoms with Crippen molar-refractivity contribution in [2.75, 3.05) is 23.7 Å². The molecule has 0 aromatic carbocycles. The summed E-state index contributed by atoms with van der Waals surface area (Å²) in [6.07, 6.45) is 2.39. The molecule has 82 valence electrons. The Hall–Kier alpha value is -1.85. The second-order valence-electron chi connectivity index (χ2n) is 2.96. The topological polar surface area (TPSA) is 87.1 Å². The van der Waals surface area contributed by atoms with E-state index in [-0.39, 0.29) is 6.54 Å². The Morgan fingerprint density at radius 1 is 1.40 bits per heavy atom. The second-order valence-corrected chi connectivity index (χ2v) is 2.96. The van der Waals surface area contributed by atoms with Gasteiger partial charge in [0.2, 0.25) is 0 Å². The predicted octanol–water partition coefficient (Wildman–Crippen LogP) is 0.795. The van der Waals surface area contributed by atoms with Gasteiger partial charge < -0.3 is 15.7 Å². The first-order chi connectivity index (χ1) is 7.22. The van der Waals surface area contributed by atoms with Crippen molar-refractivity contribution in [2.45, 2.75) is 13.3 Å². The van der Waals surface area contributed by atoms with Gasteiger partial charge in [0.1, 0.15) is 24.5 Å². The Labute approximate surface area is 87.8 Å². The van der Waals surface area contributed by atoms with E-state index in [1.165, 1.54) is 6.33 Å². The number of aromatic nitrogens is 2. The van der Waals surface area contributed by atoms with Crippen molar-refractivity contribution in [1.82, 2.24) is 9.97 Å². The number of hydrogen-bond donors (Lipinski definition) is 3. The lowest BCUT2D eigenvalue weighted by atomic mass is 10.4. The highest BCUT2D eigenvalue weighted by Gasteiger charge is 1.99. The summed E-state index contributed by atoms with van der Waals surface area (Å²) in [5, 5.41) is 14.2. The maximum absolute atomic E-state index is 10.3. The molecule has 0 aliphatic rings. The van der Waals surface area contributed by atoms with Gasteiger partial charge >= 0.3 is 5.97 Å². The Morgan fingerprint density at radius 3 is 2.67 bits per heavy atom. The summed E-state index contributed by atoms with van der Waals surface area (Å²) >= 11 is 0. The van der Waals surface area contributed by atoms with Crippen molar-refractivity contribution in [1.29, 1.82) is 0 Å². The molecule has 1 aromatic heterocycles. The summed E-state index contributed by atoms with van der Waals surface area (Å²) in [5.41, 5.74) is 0. The third kappa shape index (κ3) is 4.26. The number of carboxylic acid groups (broad SMARTS) is 1. The summed E-state index contributed by atoms with van der Waals surface area (Å²) < 4.78 is 0. The fourth-order valence-corrected chi connectivity index (χ4v) is 0.970. The van der Waals surface area contributed by atoms with E-state index in [1.54, 1.807) is 6.07 Å². The summed E-state index contributed by atoms with van der Waals surface area (Å²) in [4.78, 5) is 18.2. The van der Waals surface area contributed by atoms with Gasteiger partial charge in [0.25, 0.3) is 0 Å². The van der Waals surface area contributed by atoms with Crippen molar-refractivity contribution < 1.29 is 9.90 Å². The average molecular weight is 210 g/mol. The van der Waals surface area contributed by atoms with Crippen LogP contribution >= 0.6 is 0 Å². The van der Waals surface area contributed by atoms with Crippen LogP contribution in [-0.4, -0.2) is 34.1 Å². The lowest BCUT2D eigenvalue weighted by Gasteiger charge is -2.05. The van der Waals surface area contributed by atoms with E-state index < -0.39 is 5.97 Å². The Balaban J connectivity index is 2.53. The molecule has 0 amide bonds. The van der Waals surface area contributed by atoms with Gasteiger partial charge in [0, 0.05) is 12.6 Å². The predicted molar refractivity (Wildman–Crippen MR) is 56.9 cm³/mol. The molecule has 3 N–H and O–H groups in total. The zero-order valence-corrected chi connectivity index (χ0v) is 8.53. The molecule has 6 heteroatoms. The molecule has 0 aliphatic carbocycles. The van der Waals surface area contributed by atoms with Gasteiger partial charge in [-0.2, -0.15) is 0 Å². The van der Waals surface area contributed by atoms with Crippen LogP contribution in [0.3, 0.4) is 0 Å². The van der Waals surface area contributed by atoms with Crippen LogP contribution in [0.5, 0.6) is 0 Å². The third-order valence-corrected chi connectivity index (χ3v) is 1.64. The van der Waals surface area contributed by atoms with Gasteiger partial charge in [0.15, 0.2) is 0 Å². The largest absolute Gasteiger partial charge is 0.480 e. The number of carboxylic acids is 1. The highest BCUT2D eigenvalue weighted by Crippen LogP contribution is 2.07. The Morgan fingerprint density at radius 2 is 2.07 bits per heavy atom. The minimum absolute atomic E-state index is 0.149. The minimum Gasteiger partial charge on any atom is -0.480 e. The summed E-state index contributed by atoms with van der Waals surface area (Å²) in [7, 11) is 0. The van der Waals surface area contributed by atoms with E-state index in [1.807, 2.05) is 0 Å². The normalized spacial score (nSPS) is 9.67. The maximum Gasteiger partial charge on any atom is 0.322 e. The number of anilines is 2. The first kappa shape index (κ1) is 11.2. The van der Waals surface area contributed by atoms with Gasteiger partial charge in [-0.1, -0.05) is 6.92 Å². The molecule has 0 saturated heterocycles. The maximum atomic E-state index is 10.3. The van der Waals surface area contributed by atoms with Crippen LogP contribution in [0.25, 0.3) is 0 Å². The zero-order chi connectivity index (χ0) is 11.1. The molecule has 1 aromatic rings. The number of nitrogens with zero attached hydrogens (tertiary/aromatic N) is 2. The fraction of sp³-hybridized carbons (Fsp3) is 0.444. The smallest absolute Gasteiger partial charge is 0.322 e.